The van der Waals surface area contributed by atoms with E-state index in [1.165, 1.54) is 12.1 Å². The third-order valence-corrected chi connectivity index (χ3v) is 3.38. The molecule has 3 nitrogen and oxygen atoms in total. The molecule has 1 unspecified atom stereocenters. The van der Waals surface area contributed by atoms with Crippen molar-refractivity contribution in [1.29, 1.82) is 0 Å². The molecule has 0 saturated carbocycles. The van der Waals surface area contributed by atoms with E-state index < -0.39 is 0 Å². The van der Waals surface area contributed by atoms with Gasteiger partial charge in [-0.05, 0) is 23.9 Å². The van der Waals surface area contributed by atoms with E-state index in [0.29, 0.717) is 29.5 Å². The first-order valence-electron chi connectivity index (χ1n) is 6.31. The molecule has 0 radical (unpaired) electrons. The second-order valence-electron chi connectivity index (χ2n) is 4.67. The Morgan fingerprint density at radius 3 is 2.74 bits per heavy atom. The lowest BCUT2D eigenvalue weighted by Gasteiger charge is -2.12. The van der Waals surface area contributed by atoms with E-state index in [4.69, 9.17) is 4.74 Å². The molecule has 3 rings (SSSR count). The van der Waals surface area contributed by atoms with Gasteiger partial charge < -0.3 is 10.1 Å². The van der Waals surface area contributed by atoms with Crippen LogP contribution in [0.2, 0.25) is 0 Å². The van der Waals surface area contributed by atoms with Crippen molar-refractivity contribution in [2.75, 3.05) is 13.2 Å². The molecule has 19 heavy (non-hydrogen) atoms. The Morgan fingerprint density at radius 1 is 1.21 bits per heavy atom. The zero-order chi connectivity index (χ0) is 13.2. The molecule has 1 aliphatic rings. The fourth-order valence-corrected chi connectivity index (χ4v) is 2.37. The number of hydrogen-bond acceptors (Lipinski definition) is 2. The minimum absolute atomic E-state index is 0.0521. The van der Waals surface area contributed by atoms with Gasteiger partial charge in [-0.25, -0.2) is 4.39 Å². The summed E-state index contributed by atoms with van der Waals surface area (Å²) in [5, 5.41) is 4.03. The Labute approximate surface area is 110 Å². The second-order valence-corrected chi connectivity index (χ2v) is 4.67. The van der Waals surface area contributed by atoms with Gasteiger partial charge in [0.15, 0.2) is 0 Å². The summed E-state index contributed by atoms with van der Waals surface area (Å²) in [5.74, 6) is -0.483. The summed E-state index contributed by atoms with van der Waals surface area (Å²) in [4.78, 5) is 12.2. The molecule has 1 heterocycles. The lowest BCUT2D eigenvalue weighted by atomic mass is 10.0. The summed E-state index contributed by atoms with van der Waals surface area (Å²) >= 11 is 0. The molecule has 0 bridgehead atoms. The van der Waals surface area contributed by atoms with Crippen LogP contribution in [0.1, 0.15) is 16.8 Å². The SMILES string of the molecule is O=C(NC1CCOC1)c1ccc(F)c2ccccc12. The lowest BCUT2D eigenvalue weighted by molar-refractivity contribution is 0.0931. The van der Waals surface area contributed by atoms with Crippen LogP contribution < -0.4 is 5.32 Å². The van der Waals surface area contributed by atoms with Crippen LogP contribution in [0.15, 0.2) is 36.4 Å². The van der Waals surface area contributed by atoms with Gasteiger partial charge in [0.25, 0.3) is 5.91 Å². The zero-order valence-corrected chi connectivity index (χ0v) is 10.4. The summed E-state index contributed by atoms with van der Waals surface area (Å²) in [6.45, 7) is 1.22. The molecule has 0 aromatic heterocycles. The average molecular weight is 259 g/mol. The monoisotopic (exact) mass is 259 g/mol. The summed E-state index contributed by atoms with van der Waals surface area (Å²) in [6.07, 6.45) is 0.824. The minimum Gasteiger partial charge on any atom is -0.379 e. The molecule has 2 aromatic rings. The van der Waals surface area contributed by atoms with Crippen LogP contribution in [0.25, 0.3) is 10.8 Å². The van der Waals surface area contributed by atoms with Gasteiger partial charge in [0.1, 0.15) is 5.82 Å². The van der Waals surface area contributed by atoms with E-state index in [2.05, 4.69) is 5.32 Å². The molecular weight excluding hydrogens is 245 g/mol. The van der Waals surface area contributed by atoms with Gasteiger partial charge in [0.05, 0.1) is 12.6 Å². The van der Waals surface area contributed by atoms with E-state index >= 15 is 0 Å². The van der Waals surface area contributed by atoms with E-state index in [9.17, 15) is 9.18 Å². The molecule has 98 valence electrons. The molecule has 1 N–H and O–H groups in total. The van der Waals surface area contributed by atoms with Crippen molar-refractivity contribution >= 4 is 16.7 Å². The van der Waals surface area contributed by atoms with Crippen molar-refractivity contribution in [3.05, 3.63) is 47.8 Å². The summed E-state index contributed by atoms with van der Waals surface area (Å²) in [6, 6.07) is 9.93. The topological polar surface area (TPSA) is 38.3 Å². The smallest absolute Gasteiger partial charge is 0.252 e. The Morgan fingerprint density at radius 2 is 2.00 bits per heavy atom. The number of rotatable bonds is 2. The maximum atomic E-state index is 13.7. The van der Waals surface area contributed by atoms with Crippen molar-refractivity contribution in [3.8, 4) is 0 Å². The summed E-state index contributed by atoms with van der Waals surface area (Å²) in [5.41, 5.74) is 0.504. The van der Waals surface area contributed by atoms with Gasteiger partial charge in [-0.1, -0.05) is 24.3 Å². The Balaban J connectivity index is 1.95. The van der Waals surface area contributed by atoms with Gasteiger partial charge in [0, 0.05) is 17.6 Å². The number of amides is 1. The first kappa shape index (κ1) is 12.1. The summed E-state index contributed by atoms with van der Waals surface area (Å²) in [7, 11) is 0. The molecule has 0 spiro atoms. The van der Waals surface area contributed by atoms with Crippen LogP contribution in [0.5, 0.6) is 0 Å². The highest BCUT2D eigenvalue weighted by Crippen LogP contribution is 2.22. The quantitative estimate of drug-likeness (QED) is 0.900. The first-order chi connectivity index (χ1) is 9.25. The van der Waals surface area contributed by atoms with Crippen LogP contribution in [0.3, 0.4) is 0 Å². The molecular formula is C15H14FNO2. The van der Waals surface area contributed by atoms with E-state index in [1.807, 2.05) is 0 Å². The number of nitrogens with one attached hydrogen (secondary N) is 1. The number of carbonyl (C=O) groups excluding carboxylic acids is 1. The third kappa shape index (κ3) is 2.31. The standard InChI is InChI=1S/C15H14FNO2/c16-14-6-5-13(11-3-1-2-4-12(11)14)15(18)17-10-7-8-19-9-10/h1-6,10H,7-9H2,(H,17,18). The second kappa shape index (κ2) is 4.97. The zero-order valence-electron chi connectivity index (χ0n) is 10.4. The normalized spacial score (nSPS) is 18.7. The van der Waals surface area contributed by atoms with Gasteiger partial charge in [-0.3, -0.25) is 4.79 Å². The third-order valence-electron chi connectivity index (χ3n) is 3.38. The minimum atomic E-state index is -0.309. The largest absolute Gasteiger partial charge is 0.379 e. The number of ether oxygens (including phenoxy) is 1. The number of carbonyl (C=O) groups is 1. The van der Waals surface area contributed by atoms with Crippen LogP contribution in [0, 0.1) is 5.82 Å². The fraction of sp³-hybridized carbons (Fsp3) is 0.267. The van der Waals surface area contributed by atoms with Crippen molar-refractivity contribution < 1.29 is 13.9 Å². The Hall–Kier alpha value is -1.94. The molecule has 0 aliphatic carbocycles. The van der Waals surface area contributed by atoms with Crippen molar-refractivity contribution in [3.63, 3.8) is 0 Å². The number of benzene rings is 2. The van der Waals surface area contributed by atoms with Crippen molar-refractivity contribution in [2.45, 2.75) is 12.5 Å². The van der Waals surface area contributed by atoms with Crippen LogP contribution in [-0.4, -0.2) is 25.2 Å². The molecule has 4 heteroatoms. The van der Waals surface area contributed by atoms with E-state index in [1.54, 1.807) is 24.3 Å². The predicted octanol–water partition coefficient (Wildman–Crippen LogP) is 2.50. The van der Waals surface area contributed by atoms with Crippen molar-refractivity contribution in [2.24, 2.45) is 0 Å². The maximum absolute atomic E-state index is 13.7. The van der Waals surface area contributed by atoms with Crippen LogP contribution in [-0.2, 0) is 4.74 Å². The number of fused-ring (bicyclic) bond motifs is 1. The molecule has 2 aromatic carbocycles. The van der Waals surface area contributed by atoms with Gasteiger partial charge in [-0.2, -0.15) is 0 Å². The highest BCUT2D eigenvalue weighted by molar-refractivity contribution is 6.07. The number of halogens is 1. The Bertz CT molecular complexity index is 621. The maximum Gasteiger partial charge on any atom is 0.252 e. The van der Waals surface area contributed by atoms with Crippen molar-refractivity contribution in [1.82, 2.24) is 5.32 Å². The van der Waals surface area contributed by atoms with Gasteiger partial charge in [-0.15, -0.1) is 0 Å². The van der Waals surface area contributed by atoms with Gasteiger partial charge in [0.2, 0.25) is 0 Å². The van der Waals surface area contributed by atoms with Gasteiger partial charge >= 0.3 is 0 Å². The Kier molecular flexibility index (Phi) is 3.17. The highest BCUT2D eigenvalue weighted by Gasteiger charge is 2.20. The van der Waals surface area contributed by atoms with Crippen LogP contribution >= 0.6 is 0 Å². The molecule has 1 atom stereocenters. The fourth-order valence-electron chi connectivity index (χ4n) is 2.37. The lowest BCUT2D eigenvalue weighted by Crippen LogP contribution is -2.35. The molecule has 1 aliphatic heterocycles. The molecule has 1 amide bonds. The molecule has 1 fully saturated rings. The highest BCUT2D eigenvalue weighted by atomic mass is 19.1. The van der Waals surface area contributed by atoms with Crippen LogP contribution in [0.4, 0.5) is 4.39 Å². The van der Waals surface area contributed by atoms with E-state index in [0.717, 1.165) is 6.42 Å². The average Bonchev–Trinajstić information content (AvgIpc) is 2.92. The van der Waals surface area contributed by atoms with E-state index in [-0.39, 0.29) is 17.8 Å². The number of hydrogen-bond donors (Lipinski definition) is 1. The predicted molar refractivity (Wildman–Crippen MR) is 70.6 cm³/mol. The molecule has 1 saturated heterocycles. The first-order valence-corrected chi connectivity index (χ1v) is 6.31. The summed E-state index contributed by atoms with van der Waals surface area (Å²) < 4.78 is 18.9.